The zero-order valence-electron chi connectivity index (χ0n) is 32.1. The van der Waals surface area contributed by atoms with E-state index in [0.29, 0.717) is 15.1 Å². The van der Waals surface area contributed by atoms with Crippen LogP contribution in [0.25, 0.3) is 53.6 Å². The lowest BCUT2D eigenvalue weighted by atomic mass is 9.90. The molecule has 9 rings (SSSR count). The minimum atomic E-state index is -0.223. The van der Waals surface area contributed by atoms with E-state index in [0.717, 1.165) is 74.8 Å². The maximum atomic E-state index is 8.70. The summed E-state index contributed by atoms with van der Waals surface area (Å²) in [4.78, 5) is 4.14. The molecule has 254 valence electrons. The van der Waals surface area contributed by atoms with E-state index in [1.165, 1.54) is 11.3 Å². The second-order valence-corrected chi connectivity index (χ2v) is 16.0. The lowest BCUT2D eigenvalue weighted by Gasteiger charge is -2.31. The fourth-order valence-corrected chi connectivity index (χ4v) is 9.72. The zero-order valence-corrected chi connectivity index (χ0v) is 32.1. The van der Waals surface area contributed by atoms with Crippen molar-refractivity contribution in [1.82, 2.24) is 0 Å². The van der Waals surface area contributed by atoms with Gasteiger partial charge in [-0.2, -0.15) is 0 Å². The van der Waals surface area contributed by atoms with E-state index in [9.17, 15) is 0 Å². The first kappa shape index (κ1) is 29.4. The Hall–Kier alpha value is -5.10. The summed E-state index contributed by atoms with van der Waals surface area (Å²) in [6, 6.07) is 55.9. The number of halogens is 2. The van der Waals surface area contributed by atoms with Gasteiger partial charge in [0.05, 0.1) is 11.2 Å². The minimum absolute atomic E-state index is 0.0143. The molecule has 0 N–H and O–H groups in total. The van der Waals surface area contributed by atoms with Crippen LogP contribution in [0.3, 0.4) is 0 Å². The molecule has 0 aliphatic heterocycles. The van der Waals surface area contributed by atoms with Crippen molar-refractivity contribution in [2.45, 2.75) is 9.79 Å². The van der Waals surface area contributed by atoms with Gasteiger partial charge in [0.25, 0.3) is 0 Å². The van der Waals surface area contributed by atoms with Crippen molar-refractivity contribution in [3.8, 4) is 33.4 Å². The molecule has 0 aliphatic carbocycles. The summed E-state index contributed by atoms with van der Waals surface area (Å²) < 4.78 is 36.4. The first-order valence-corrected chi connectivity index (χ1v) is 19.9. The molecule has 0 atom stereocenters. The SMILES string of the molecule is [2H]c1c([2H])c([2H])c2c(sc3c(Sc4cc(Cl)cc(N(c5cccc(Br)c5)c5c(-c6ccccc6)cc(-c6ccccc6)cc5-c5ccccc5)c4)cccc32)c1[2H]. The van der Waals surface area contributed by atoms with Gasteiger partial charge in [-0.1, -0.05) is 167 Å². The van der Waals surface area contributed by atoms with E-state index >= 15 is 0 Å². The van der Waals surface area contributed by atoms with Gasteiger partial charge in [-0.15, -0.1) is 11.3 Å². The predicted octanol–water partition coefficient (Wildman–Crippen LogP) is 16.1. The monoisotopic (exact) mass is 803 g/mol. The molecule has 0 saturated heterocycles. The molecule has 53 heavy (non-hydrogen) atoms. The van der Waals surface area contributed by atoms with Crippen molar-refractivity contribution in [2.75, 3.05) is 4.90 Å². The van der Waals surface area contributed by atoms with E-state index in [-0.39, 0.29) is 24.2 Å². The summed E-state index contributed by atoms with van der Waals surface area (Å²) in [6.45, 7) is 0. The molecule has 0 aliphatic rings. The summed E-state index contributed by atoms with van der Waals surface area (Å²) >= 11 is 13.8. The standard InChI is InChI=1S/C48H31BrClNS2/c49-36-20-12-21-38(28-36)51(39-29-37(50)30-40(31-39)52-46-25-13-23-42-41-22-10-11-24-45(41)53-48(42)46)47-43(33-16-6-2-7-17-33)26-35(32-14-4-1-5-15-32)27-44(47)34-18-8-3-9-19-34/h1-31H/i10D,11D,22D,24D. The largest absolute Gasteiger partial charge is 0.309 e. The van der Waals surface area contributed by atoms with E-state index < -0.39 is 0 Å². The van der Waals surface area contributed by atoms with Gasteiger partial charge in [-0.05, 0) is 82.9 Å². The summed E-state index contributed by atoms with van der Waals surface area (Å²) in [5.74, 6) is 0. The van der Waals surface area contributed by atoms with Gasteiger partial charge in [-0.25, -0.2) is 0 Å². The smallest absolute Gasteiger partial charge is 0.0638 e. The number of thiophene rings is 1. The van der Waals surface area contributed by atoms with E-state index in [4.69, 9.17) is 17.1 Å². The third kappa shape index (κ3) is 6.80. The summed E-state index contributed by atoms with van der Waals surface area (Å²) in [6.07, 6.45) is 0. The first-order valence-electron chi connectivity index (χ1n) is 19.0. The van der Waals surface area contributed by atoms with Crippen molar-refractivity contribution < 1.29 is 5.48 Å². The molecule has 1 aromatic heterocycles. The Morgan fingerprint density at radius 3 is 1.89 bits per heavy atom. The maximum Gasteiger partial charge on any atom is 0.0638 e. The van der Waals surface area contributed by atoms with Crippen LogP contribution in [0.4, 0.5) is 17.1 Å². The summed E-state index contributed by atoms with van der Waals surface area (Å²) in [5.41, 5.74) is 9.30. The molecular formula is C48H31BrClNS2. The zero-order chi connectivity index (χ0) is 39.2. The lowest BCUT2D eigenvalue weighted by Crippen LogP contribution is -2.13. The molecule has 5 heteroatoms. The number of rotatable bonds is 8. The van der Waals surface area contributed by atoms with Crippen molar-refractivity contribution in [3.63, 3.8) is 0 Å². The van der Waals surface area contributed by atoms with E-state index in [2.05, 4.69) is 124 Å². The molecular weight excluding hydrogens is 770 g/mol. The fraction of sp³-hybridized carbons (Fsp3) is 0. The molecule has 8 aromatic carbocycles. The number of hydrogen-bond donors (Lipinski definition) is 0. The highest BCUT2D eigenvalue weighted by atomic mass is 79.9. The van der Waals surface area contributed by atoms with Gasteiger partial charge >= 0.3 is 0 Å². The molecule has 0 spiro atoms. The van der Waals surface area contributed by atoms with E-state index in [1.54, 1.807) is 11.8 Å². The van der Waals surface area contributed by atoms with Crippen LogP contribution in [0.1, 0.15) is 5.48 Å². The number of fused-ring (bicyclic) bond motifs is 3. The second-order valence-electron chi connectivity index (χ2n) is 12.5. The van der Waals surface area contributed by atoms with Gasteiger partial charge in [0.2, 0.25) is 0 Å². The number of benzene rings is 8. The maximum absolute atomic E-state index is 8.70. The van der Waals surface area contributed by atoms with Crippen molar-refractivity contribution in [1.29, 1.82) is 0 Å². The molecule has 0 fully saturated rings. The molecule has 0 saturated carbocycles. The number of anilines is 3. The topological polar surface area (TPSA) is 3.24 Å². The van der Waals surface area contributed by atoms with Crippen LogP contribution >= 0.6 is 50.6 Å². The van der Waals surface area contributed by atoms with Crippen LogP contribution in [0, 0.1) is 0 Å². The van der Waals surface area contributed by atoms with E-state index in [1.807, 2.05) is 60.7 Å². The highest BCUT2D eigenvalue weighted by molar-refractivity contribution is 9.10. The van der Waals surface area contributed by atoms with Crippen LogP contribution in [-0.4, -0.2) is 0 Å². The summed E-state index contributed by atoms with van der Waals surface area (Å²) in [5, 5.41) is 1.93. The number of nitrogens with zero attached hydrogens (tertiary/aromatic N) is 1. The molecule has 0 amide bonds. The Kier molecular flexibility index (Phi) is 8.16. The van der Waals surface area contributed by atoms with Gasteiger partial charge in [0, 0.05) is 62.0 Å². The number of hydrogen-bond acceptors (Lipinski definition) is 3. The minimum Gasteiger partial charge on any atom is -0.309 e. The molecule has 1 nitrogen and oxygen atoms in total. The molecule has 0 bridgehead atoms. The highest BCUT2D eigenvalue weighted by Crippen LogP contribution is 2.50. The Labute approximate surface area is 336 Å². The van der Waals surface area contributed by atoms with Crippen molar-refractivity contribution in [2.24, 2.45) is 0 Å². The van der Waals surface area contributed by atoms with Crippen LogP contribution in [-0.2, 0) is 0 Å². The molecule has 1 heterocycles. The normalized spacial score (nSPS) is 12.3. The Bertz CT molecular complexity index is 2900. The molecule has 0 radical (unpaired) electrons. The predicted molar refractivity (Wildman–Crippen MR) is 234 cm³/mol. The van der Waals surface area contributed by atoms with Gasteiger partial charge < -0.3 is 4.90 Å². The Morgan fingerprint density at radius 1 is 0.566 bits per heavy atom. The highest BCUT2D eigenvalue weighted by Gasteiger charge is 2.24. The average molecular weight is 805 g/mol. The summed E-state index contributed by atoms with van der Waals surface area (Å²) in [7, 11) is 0. The second kappa shape index (κ2) is 14.7. The first-order chi connectivity index (χ1) is 27.7. The molecule has 9 aromatic rings. The van der Waals surface area contributed by atoms with Crippen LogP contribution in [0.2, 0.25) is 5.02 Å². The lowest BCUT2D eigenvalue weighted by molar-refractivity contribution is 1.26. The van der Waals surface area contributed by atoms with Gasteiger partial charge in [0.15, 0.2) is 0 Å². The van der Waals surface area contributed by atoms with Crippen LogP contribution in [0.15, 0.2) is 202 Å². The Morgan fingerprint density at radius 2 is 1.21 bits per heavy atom. The third-order valence-corrected chi connectivity index (χ3v) is 12.2. The van der Waals surface area contributed by atoms with Crippen LogP contribution < -0.4 is 4.90 Å². The Balaban J connectivity index is 1.29. The van der Waals surface area contributed by atoms with Crippen molar-refractivity contribution in [3.05, 3.63) is 197 Å². The third-order valence-electron chi connectivity index (χ3n) is 9.12. The van der Waals surface area contributed by atoms with Crippen LogP contribution in [0.5, 0.6) is 0 Å². The molecule has 0 unspecified atom stereocenters. The van der Waals surface area contributed by atoms with Gasteiger partial charge in [0.1, 0.15) is 0 Å². The fourth-order valence-electron chi connectivity index (χ4n) is 6.80. The average Bonchev–Trinajstić information content (AvgIpc) is 3.64. The van der Waals surface area contributed by atoms with Gasteiger partial charge in [-0.3, -0.25) is 0 Å². The van der Waals surface area contributed by atoms with Crippen molar-refractivity contribution >= 4 is 87.9 Å². The quantitative estimate of drug-likeness (QED) is 0.150.